The summed E-state index contributed by atoms with van der Waals surface area (Å²) < 4.78 is 8.82. The van der Waals surface area contributed by atoms with Crippen molar-refractivity contribution in [2.75, 3.05) is 17.7 Å². The van der Waals surface area contributed by atoms with Crippen molar-refractivity contribution in [2.24, 2.45) is 0 Å². The van der Waals surface area contributed by atoms with Gasteiger partial charge in [-0.25, -0.2) is 4.68 Å². The smallest absolute Gasteiger partial charge is 0.273 e. The Hall–Kier alpha value is -4.64. The van der Waals surface area contributed by atoms with Crippen LogP contribution < -0.4 is 15.6 Å². The number of amides is 1. The first-order valence-electron chi connectivity index (χ1n) is 11.5. The van der Waals surface area contributed by atoms with Crippen molar-refractivity contribution in [3.63, 3.8) is 0 Å². The van der Waals surface area contributed by atoms with Crippen molar-refractivity contribution >= 4 is 23.5 Å². The van der Waals surface area contributed by atoms with Crippen molar-refractivity contribution in [3.05, 3.63) is 95.5 Å². The number of nitrogens with one attached hydrogen (secondary N) is 2. The van der Waals surface area contributed by atoms with Gasteiger partial charge in [0.2, 0.25) is 5.91 Å². The van der Waals surface area contributed by atoms with Crippen molar-refractivity contribution in [1.82, 2.24) is 29.5 Å². The van der Waals surface area contributed by atoms with E-state index in [9.17, 15) is 9.59 Å². The van der Waals surface area contributed by atoms with Gasteiger partial charge in [0.25, 0.3) is 5.56 Å². The maximum Gasteiger partial charge on any atom is 0.273 e. The Morgan fingerprint density at radius 2 is 1.76 bits per heavy atom. The monoisotopic (exact) mass is 513 g/mol. The molecular formula is C26H23N7O3S. The Balaban J connectivity index is 1.35. The van der Waals surface area contributed by atoms with E-state index >= 15 is 0 Å². The number of nitrogens with zero attached hydrogens (tertiary/aromatic N) is 5. The number of carbonyl (C=O) groups excluding carboxylic acids is 1. The highest BCUT2D eigenvalue weighted by Crippen LogP contribution is 2.28. The fourth-order valence-electron chi connectivity index (χ4n) is 3.69. The number of para-hydroxylation sites is 1. The van der Waals surface area contributed by atoms with Crippen LogP contribution in [-0.2, 0) is 4.79 Å². The zero-order valence-corrected chi connectivity index (χ0v) is 20.7. The number of hydrogen-bond acceptors (Lipinski definition) is 7. The predicted molar refractivity (Wildman–Crippen MR) is 142 cm³/mol. The predicted octanol–water partition coefficient (Wildman–Crippen LogP) is 3.94. The Morgan fingerprint density at radius 3 is 2.49 bits per heavy atom. The van der Waals surface area contributed by atoms with E-state index in [0.29, 0.717) is 29.1 Å². The highest BCUT2D eigenvalue weighted by molar-refractivity contribution is 7.99. The molecule has 0 saturated carbocycles. The van der Waals surface area contributed by atoms with Gasteiger partial charge in [-0.1, -0.05) is 30.0 Å². The lowest BCUT2D eigenvalue weighted by molar-refractivity contribution is -0.113. The summed E-state index contributed by atoms with van der Waals surface area (Å²) in [6.07, 6.45) is 3.38. The average Bonchev–Trinajstić information content (AvgIpc) is 3.52. The lowest BCUT2D eigenvalue weighted by Crippen LogP contribution is -2.15. The molecule has 3 heterocycles. The number of H-pyrrole nitrogens is 1. The first-order valence-corrected chi connectivity index (χ1v) is 12.5. The van der Waals surface area contributed by atoms with Crippen LogP contribution in [0.25, 0.3) is 22.8 Å². The van der Waals surface area contributed by atoms with Gasteiger partial charge < -0.3 is 10.1 Å². The molecule has 10 nitrogen and oxygen atoms in total. The molecule has 11 heteroatoms. The molecule has 186 valence electrons. The fraction of sp³-hybridized carbons (Fsp3) is 0.115. The molecule has 0 saturated heterocycles. The first-order chi connectivity index (χ1) is 18.1. The molecule has 0 atom stereocenters. The third kappa shape index (κ3) is 5.46. The molecule has 3 aromatic heterocycles. The van der Waals surface area contributed by atoms with Gasteiger partial charge in [0, 0.05) is 29.7 Å². The van der Waals surface area contributed by atoms with E-state index in [1.165, 1.54) is 22.5 Å². The normalized spacial score (nSPS) is 10.8. The first kappa shape index (κ1) is 24.1. The summed E-state index contributed by atoms with van der Waals surface area (Å²) in [6.45, 7) is 2.51. The van der Waals surface area contributed by atoms with Crippen LogP contribution in [0.3, 0.4) is 0 Å². The number of hydrogen-bond donors (Lipinski definition) is 2. The van der Waals surface area contributed by atoms with Gasteiger partial charge in [-0.15, -0.1) is 10.2 Å². The van der Waals surface area contributed by atoms with Gasteiger partial charge in [-0.3, -0.25) is 24.2 Å². The third-order valence-corrected chi connectivity index (χ3v) is 6.25. The molecule has 5 aromatic rings. The Labute approximate surface area is 216 Å². The minimum absolute atomic E-state index is 0.0596. The minimum atomic E-state index is -0.293. The number of rotatable bonds is 9. The van der Waals surface area contributed by atoms with Gasteiger partial charge >= 0.3 is 0 Å². The number of ether oxygens (including phenoxy) is 1. The second kappa shape index (κ2) is 11.0. The Kier molecular flexibility index (Phi) is 7.13. The summed E-state index contributed by atoms with van der Waals surface area (Å²) in [5.41, 5.74) is 2.07. The van der Waals surface area contributed by atoms with Crippen LogP contribution in [0.15, 0.2) is 95.1 Å². The molecule has 1 amide bonds. The average molecular weight is 514 g/mol. The van der Waals surface area contributed by atoms with Crippen molar-refractivity contribution in [3.8, 4) is 28.5 Å². The summed E-state index contributed by atoms with van der Waals surface area (Å²) in [5, 5.41) is 14.9. The number of thioether (sulfide) groups is 1. The van der Waals surface area contributed by atoms with Crippen molar-refractivity contribution < 1.29 is 9.53 Å². The number of benzene rings is 2. The highest BCUT2D eigenvalue weighted by atomic mass is 32.2. The zero-order valence-electron chi connectivity index (χ0n) is 19.9. The number of aromatic amines is 1. The molecule has 0 aliphatic rings. The van der Waals surface area contributed by atoms with Gasteiger partial charge in [0.05, 0.1) is 18.0 Å². The molecule has 2 aromatic carbocycles. The van der Waals surface area contributed by atoms with Crippen LogP contribution in [0.5, 0.6) is 5.75 Å². The van der Waals surface area contributed by atoms with Gasteiger partial charge in [-0.05, 0) is 55.5 Å². The molecule has 0 aliphatic heterocycles. The quantitative estimate of drug-likeness (QED) is 0.287. The van der Waals surface area contributed by atoms with E-state index in [1.54, 1.807) is 24.5 Å². The van der Waals surface area contributed by atoms with E-state index < -0.39 is 0 Å². The van der Waals surface area contributed by atoms with Crippen LogP contribution in [0.1, 0.15) is 6.92 Å². The highest BCUT2D eigenvalue weighted by Gasteiger charge is 2.18. The van der Waals surface area contributed by atoms with Crippen molar-refractivity contribution in [2.45, 2.75) is 12.1 Å². The standard InChI is InChI=1S/C26H23N7O3S/c1-2-36-21-10-8-19(9-11-21)32-25(18-12-14-27-15-13-18)29-30-26(32)37-17-23(34)28-22-16-24(35)33(31-22)20-6-4-3-5-7-20/h3-16,31H,2,17H2,1H3,(H,28,34). The second-order valence-electron chi connectivity index (χ2n) is 7.82. The SMILES string of the molecule is CCOc1ccc(-n2c(SCC(=O)Nc3cc(=O)n(-c4ccccc4)[nH]3)nnc2-c2ccncc2)cc1. The molecule has 0 aliphatic carbocycles. The van der Waals surface area contributed by atoms with Crippen LogP contribution in [0.4, 0.5) is 5.82 Å². The molecule has 37 heavy (non-hydrogen) atoms. The number of pyridine rings is 1. The summed E-state index contributed by atoms with van der Waals surface area (Å²) >= 11 is 1.24. The molecule has 0 bridgehead atoms. The van der Waals surface area contributed by atoms with Gasteiger partial charge in [0.1, 0.15) is 11.6 Å². The van der Waals surface area contributed by atoms with Crippen molar-refractivity contribution in [1.29, 1.82) is 0 Å². The van der Waals surface area contributed by atoms with E-state index in [4.69, 9.17) is 4.74 Å². The lowest BCUT2D eigenvalue weighted by Gasteiger charge is -2.11. The van der Waals surface area contributed by atoms with Crippen LogP contribution in [0.2, 0.25) is 0 Å². The van der Waals surface area contributed by atoms with Gasteiger partial charge in [0.15, 0.2) is 11.0 Å². The maximum absolute atomic E-state index is 12.7. The number of anilines is 1. The fourth-order valence-corrected chi connectivity index (χ4v) is 4.44. The van der Waals surface area contributed by atoms with E-state index in [-0.39, 0.29) is 17.2 Å². The topological polar surface area (TPSA) is 120 Å². The third-order valence-electron chi connectivity index (χ3n) is 5.32. The number of carbonyl (C=O) groups is 1. The lowest BCUT2D eigenvalue weighted by atomic mass is 10.2. The molecule has 0 unspecified atom stereocenters. The van der Waals surface area contributed by atoms with Gasteiger partial charge in [-0.2, -0.15) is 0 Å². The minimum Gasteiger partial charge on any atom is -0.494 e. The largest absolute Gasteiger partial charge is 0.494 e. The zero-order chi connectivity index (χ0) is 25.6. The summed E-state index contributed by atoms with van der Waals surface area (Å²) in [7, 11) is 0. The van der Waals surface area contributed by atoms with Crippen LogP contribution in [-0.4, -0.2) is 47.8 Å². The Morgan fingerprint density at radius 1 is 1.00 bits per heavy atom. The summed E-state index contributed by atoms with van der Waals surface area (Å²) in [6, 6.07) is 21.8. The summed E-state index contributed by atoms with van der Waals surface area (Å²) in [5.74, 6) is 1.46. The molecule has 0 radical (unpaired) electrons. The van der Waals surface area contributed by atoms with Crippen LogP contribution in [0, 0.1) is 0 Å². The molecule has 2 N–H and O–H groups in total. The van der Waals surface area contributed by atoms with Crippen LogP contribution >= 0.6 is 11.8 Å². The Bertz CT molecular complexity index is 1540. The van der Waals surface area contributed by atoms with E-state index in [0.717, 1.165) is 17.0 Å². The molecule has 0 fully saturated rings. The van der Waals surface area contributed by atoms with E-state index in [1.807, 2.05) is 66.1 Å². The number of aromatic nitrogens is 6. The summed E-state index contributed by atoms with van der Waals surface area (Å²) in [4.78, 5) is 29.2. The van der Waals surface area contributed by atoms with E-state index in [2.05, 4.69) is 25.6 Å². The second-order valence-corrected chi connectivity index (χ2v) is 8.76. The maximum atomic E-state index is 12.7. The molecular weight excluding hydrogens is 490 g/mol. The molecule has 5 rings (SSSR count). The molecule has 0 spiro atoms.